The van der Waals surface area contributed by atoms with E-state index in [1.54, 1.807) is 14.2 Å². The fourth-order valence-corrected chi connectivity index (χ4v) is 2.40. The second kappa shape index (κ2) is 3.96. The molecule has 1 aromatic rings. The van der Waals surface area contributed by atoms with Crippen LogP contribution < -0.4 is 9.47 Å². The van der Waals surface area contributed by atoms with Crippen LogP contribution >= 0.6 is 22.6 Å². The topological polar surface area (TPSA) is 36.3 Å². The standard InChI is InChI=1S/C9H15IN2O2/c1-9(2,3)12-7(10)6(13-4)8(11-12)14-5/h1-5H3. The van der Waals surface area contributed by atoms with Crippen molar-refractivity contribution in [1.29, 1.82) is 0 Å². The highest BCUT2D eigenvalue weighted by atomic mass is 127. The molecule has 0 aliphatic heterocycles. The zero-order valence-electron chi connectivity index (χ0n) is 9.09. The Balaban J connectivity index is 3.28. The predicted molar refractivity (Wildman–Crippen MR) is 63.0 cm³/mol. The van der Waals surface area contributed by atoms with Crippen molar-refractivity contribution in [3.8, 4) is 11.6 Å². The van der Waals surface area contributed by atoms with Gasteiger partial charge in [-0.25, -0.2) is 4.68 Å². The van der Waals surface area contributed by atoms with Crippen molar-refractivity contribution in [3.05, 3.63) is 3.70 Å². The molecule has 0 bridgehead atoms. The zero-order chi connectivity index (χ0) is 10.9. The van der Waals surface area contributed by atoms with E-state index in [1.165, 1.54) is 0 Å². The molecule has 5 heteroatoms. The van der Waals surface area contributed by atoms with E-state index in [9.17, 15) is 0 Å². The van der Waals surface area contributed by atoms with Gasteiger partial charge in [-0.05, 0) is 43.4 Å². The lowest BCUT2D eigenvalue weighted by Gasteiger charge is -2.19. The van der Waals surface area contributed by atoms with Crippen molar-refractivity contribution in [2.75, 3.05) is 14.2 Å². The lowest BCUT2D eigenvalue weighted by Crippen LogP contribution is -2.24. The lowest BCUT2D eigenvalue weighted by atomic mass is 10.1. The van der Waals surface area contributed by atoms with Gasteiger partial charge in [0.25, 0.3) is 5.88 Å². The summed E-state index contributed by atoms with van der Waals surface area (Å²) in [5.74, 6) is 1.23. The highest BCUT2D eigenvalue weighted by molar-refractivity contribution is 14.1. The van der Waals surface area contributed by atoms with E-state index in [4.69, 9.17) is 9.47 Å². The molecule has 0 saturated carbocycles. The number of aromatic nitrogens is 2. The first-order valence-corrected chi connectivity index (χ1v) is 5.36. The van der Waals surface area contributed by atoms with Gasteiger partial charge in [-0.3, -0.25) is 0 Å². The van der Waals surface area contributed by atoms with Gasteiger partial charge in [-0.1, -0.05) is 0 Å². The number of halogens is 1. The van der Waals surface area contributed by atoms with E-state index in [-0.39, 0.29) is 5.54 Å². The van der Waals surface area contributed by atoms with Crippen LogP contribution in [0.1, 0.15) is 20.8 Å². The van der Waals surface area contributed by atoms with Crippen LogP contribution in [0, 0.1) is 3.70 Å². The van der Waals surface area contributed by atoms with E-state index < -0.39 is 0 Å². The van der Waals surface area contributed by atoms with Gasteiger partial charge in [0.1, 0.15) is 3.70 Å². The first kappa shape index (κ1) is 11.6. The molecular weight excluding hydrogens is 295 g/mol. The Morgan fingerprint density at radius 1 is 1.21 bits per heavy atom. The van der Waals surface area contributed by atoms with E-state index in [1.807, 2.05) is 4.68 Å². The maximum Gasteiger partial charge on any atom is 0.276 e. The van der Waals surface area contributed by atoms with Crippen molar-refractivity contribution in [3.63, 3.8) is 0 Å². The fraction of sp³-hybridized carbons (Fsp3) is 0.667. The van der Waals surface area contributed by atoms with E-state index >= 15 is 0 Å². The highest BCUT2D eigenvalue weighted by Crippen LogP contribution is 2.34. The second-order valence-corrected chi connectivity index (χ2v) is 4.94. The van der Waals surface area contributed by atoms with Crippen LogP contribution in [0.5, 0.6) is 11.6 Å². The molecule has 0 aliphatic carbocycles. The first-order chi connectivity index (χ1) is 6.41. The maximum absolute atomic E-state index is 5.23. The lowest BCUT2D eigenvalue weighted by molar-refractivity contribution is 0.323. The summed E-state index contributed by atoms with van der Waals surface area (Å²) in [7, 11) is 3.21. The average molecular weight is 310 g/mol. The molecule has 0 unspecified atom stereocenters. The van der Waals surface area contributed by atoms with Gasteiger partial charge in [0, 0.05) is 0 Å². The summed E-state index contributed by atoms with van der Waals surface area (Å²) in [6.07, 6.45) is 0. The summed E-state index contributed by atoms with van der Waals surface area (Å²) in [4.78, 5) is 0. The minimum absolute atomic E-state index is 0.0689. The molecular formula is C9H15IN2O2. The molecule has 1 rings (SSSR count). The predicted octanol–water partition coefficient (Wildman–Crippen LogP) is 2.26. The SMILES string of the molecule is COc1nn(C(C)(C)C)c(I)c1OC. The number of rotatable bonds is 2. The third kappa shape index (κ3) is 1.97. The summed E-state index contributed by atoms with van der Waals surface area (Å²) >= 11 is 2.21. The number of hydrogen-bond donors (Lipinski definition) is 0. The van der Waals surface area contributed by atoms with Gasteiger partial charge in [0.05, 0.1) is 19.8 Å². The number of hydrogen-bond acceptors (Lipinski definition) is 3. The first-order valence-electron chi connectivity index (χ1n) is 4.28. The fourth-order valence-electron chi connectivity index (χ4n) is 1.11. The zero-order valence-corrected chi connectivity index (χ0v) is 11.2. The molecule has 0 radical (unpaired) electrons. The van der Waals surface area contributed by atoms with Gasteiger partial charge < -0.3 is 9.47 Å². The van der Waals surface area contributed by atoms with E-state index in [0.29, 0.717) is 11.6 Å². The molecule has 0 spiro atoms. The molecule has 0 atom stereocenters. The van der Waals surface area contributed by atoms with Crippen LogP contribution in [0.25, 0.3) is 0 Å². The average Bonchev–Trinajstić information content (AvgIpc) is 2.40. The Morgan fingerprint density at radius 3 is 2.07 bits per heavy atom. The Hall–Kier alpha value is -0.460. The quantitative estimate of drug-likeness (QED) is 0.786. The summed E-state index contributed by atoms with van der Waals surface area (Å²) < 4.78 is 13.2. The van der Waals surface area contributed by atoms with Crippen molar-refractivity contribution < 1.29 is 9.47 Å². The van der Waals surface area contributed by atoms with Crippen molar-refractivity contribution in [1.82, 2.24) is 9.78 Å². The van der Waals surface area contributed by atoms with Crippen LogP contribution in [0.3, 0.4) is 0 Å². The van der Waals surface area contributed by atoms with Crippen molar-refractivity contribution in [2.45, 2.75) is 26.3 Å². The van der Waals surface area contributed by atoms with Crippen molar-refractivity contribution in [2.24, 2.45) is 0 Å². The smallest absolute Gasteiger partial charge is 0.276 e. The van der Waals surface area contributed by atoms with Gasteiger partial charge in [0.15, 0.2) is 0 Å². The van der Waals surface area contributed by atoms with E-state index in [0.717, 1.165) is 3.70 Å². The van der Waals surface area contributed by atoms with Gasteiger partial charge in [-0.2, -0.15) is 0 Å². The number of nitrogens with zero attached hydrogens (tertiary/aromatic N) is 2. The maximum atomic E-state index is 5.23. The third-order valence-corrected chi connectivity index (χ3v) is 2.74. The van der Waals surface area contributed by atoms with Crippen LogP contribution in [0.4, 0.5) is 0 Å². The van der Waals surface area contributed by atoms with Crippen LogP contribution in [0.2, 0.25) is 0 Å². The summed E-state index contributed by atoms with van der Waals surface area (Å²) in [5, 5.41) is 4.33. The van der Waals surface area contributed by atoms with Gasteiger partial charge in [-0.15, -0.1) is 5.10 Å². The molecule has 4 nitrogen and oxygen atoms in total. The molecule has 0 N–H and O–H groups in total. The van der Waals surface area contributed by atoms with Gasteiger partial charge in [0.2, 0.25) is 5.75 Å². The van der Waals surface area contributed by atoms with Crippen LogP contribution in [0.15, 0.2) is 0 Å². The Morgan fingerprint density at radius 2 is 1.79 bits per heavy atom. The molecule has 14 heavy (non-hydrogen) atoms. The van der Waals surface area contributed by atoms with Crippen molar-refractivity contribution >= 4 is 22.6 Å². The Labute approximate surface area is 97.7 Å². The van der Waals surface area contributed by atoms with Crippen LogP contribution in [-0.4, -0.2) is 24.0 Å². The molecule has 0 aromatic carbocycles. The second-order valence-electron chi connectivity index (χ2n) is 3.92. The molecule has 0 fully saturated rings. The summed E-state index contributed by atoms with van der Waals surface area (Å²) in [5.41, 5.74) is -0.0689. The monoisotopic (exact) mass is 310 g/mol. The number of ether oxygens (including phenoxy) is 2. The molecule has 80 valence electrons. The van der Waals surface area contributed by atoms with Crippen LogP contribution in [-0.2, 0) is 5.54 Å². The minimum atomic E-state index is -0.0689. The third-order valence-electron chi connectivity index (χ3n) is 1.79. The summed E-state index contributed by atoms with van der Waals surface area (Å²) in [6, 6.07) is 0. The largest absolute Gasteiger partial charge is 0.489 e. The Kier molecular flexibility index (Phi) is 3.28. The normalized spacial score (nSPS) is 11.6. The minimum Gasteiger partial charge on any atom is -0.489 e. The molecule has 1 heterocycles. The highest BCUT2D eigenvalue weighted by Gasteiger charge is 2.24. The number of methoxy groups -OCH3 is 2. The summed E-state index contributed by atoms with van der Waals surface area (Å²) in [6.45, 7) is 6.25. The molecule has 0 saturated heterocycles. The van der Waals surface area contributed by atoms with Gasteiger partial charge >= 0.3 is 0 Å². The van der Waals surface area contributed by atoms with E-state index in [2.05, 4.69) is 48.5 Å². The Bertz CT molecular complexity index is 328. The molecule has 0 aliphatic rings. The molecule has 1 aromatic heterocycles. The molecule has 0 amide bonds.